The number of aromatic nitrogens is 2. The number of fused-ring (bicyclic) bond motifs is 1. The van der Waals surface area contributed by atoms with Crippen molar-refractivity contribution in [1.29, 1.82) is 0 Å². The van der Waals surface area contributed by atoms with Crippen LogP contribution in [-0.2, 0) is 24.4 Å². The summed E-state index contributed by atoms with van der Waals surface area (Å²) in [5.74, 6) is -0.114. The van der Waals surface area contributed by atoms with Crippen LogP contribution in [-0.4, -0.2) is 59.1 Å². The van der Waals surface area contributed by atoms with Gasteiger partial charge in [-0.3, -0.25) is 9.59 Å². The van der Waals surface area contributed by atoms with Crippen LogP contribution in [0.5, 0.6) is 0 Å². The maximum Gasteiger partial charge on any atom is 0.290 e. The average molecular weight is 446 g/mol. The molecule has 33 heavy (non-hydrogen) atoms. The topological polar surface area (TPSA) is 79.7 Å². The van der Waals surface area contributed by atoms with E-state index in [-0.39, 0.29) is 17.5 Å². The van der Waals surface area contributed by atoms with Gasteiger partial charge in [0.15, 0.2) is 5.82 Å². The molecule has 0 atom stereocenters. The normalized spacial score (nSPS) is 15.9. The number of nitrogens with one attached hydrogen (secondary N) is 1. The highest BCUT2D eigenvalue weighted by molar-refractivity contribution is 5.96. The zero-order valence-electron chi connectivity index (χ0n) is 18.4. The van der Waals surface area contributed by atoms with Crippen molar-refractivity contribution in [2.75, 3.05) is 37.7 Å². The van der Waals surface area contributed by atoms with Gasteiger partial charge in [0.1, 0.15) is 5.69 Å². The molecule has 2 amide bonds. The summed E-state index contributed by atoms with van der Waals surface area (Å²) in [7, 11) is 0. The predicted octanol–water partition coefficient (Wildman–Crippen LogP) is 2.31. The highest BCUT2D eigenvalue weighted by Crippen LogP contribution is 2.18. The Morgan fingerprint density at radius 2 is 1.70 bits per heavy atom. The minimum Gasteiger partial charge on any atom is -0.378 e. The number of morpholine rings is 1. The molecule has 1 fully saturated rings. The summed E-state index contributed by atoms with van der Waals surface area (Å²) in [5.41, 5.74) is 3.51. The zero-order valence-corrected chi connectivity index (χ0v) is 18.4. The van der Waals surface area contributed by atoms with Gasteiger partial charge in [-0.15, -0.1) is 0 Å². The van der Waals surface area contributed by atoms with E-state index >= 15 is 0 Å². The lowest BCUT2D eigenvalue weighted by molar-refractivity contribution is 0.0683. The van der Waals surface area contributed by atoms with Gasteiger partial charge in [-0.25, -0.2) is 4.98 Å². The predicted molar refractivity (Wildman–Crippen MR) is 124 cm³/mol. The number of hydrogen-bond acceptors (Lipinski definition) is 5. The molecule has 1 saturated heterocycles. The summed E-state index contributed by atoms with van der Waals surface area (Å²) in [4.78, 5) is 34.0. The van der Waals surface area contributed by atoms with Crippen LogP contribution >= 0.6 is 0 Å². The number of anilines is 1. The first-order valence-electron chi connectivity index (χ1n) is 11.3. The molecule has 0 spiro atoms. The third kappa shape index (κ3) is 4.75. The highest BCUT2D eigenvalue weighted by Gasteiger charge is 2.28. The fourth-order valence-electron chi connectivity index (χ4n) is 4.21. The summed E-state index contributed by atoms with van der Waals surface area (Å²) in [6.07, 6.45) is 1.67. The van der Waals surface area contributed by atoms with Gasteiger partial charge in [-0.2, -0.15) is 0 Å². The maximum absolute atomic E-state index is 12.9. The Bertz CT molecular complexity index is 1120. The van der Waals surface area contributed by atoms with Gasteiger partial charge in [-0.05, 0) is 23.3 Å². The second-order valence-electron chi connectivity index (χ2n) is 8.30. The Labute approximate surface area is 192 Å². The summed E-state index contributed by atoms with van der Waals surface area (Å²) in [6.45, 7) is 5.43. The molecule has 3 heterocycles. The van der Waals surface area contributed by atoms with Crippen molar-refractivity contribution in [2.45, 2.75) is 19.6 Å². The van der Waals surface area contributed by atoms with Gasteiger partial charge in [-0.1, -0.05) is 42.5 Å². The molecule has 0 radical (unpaired) electrons. The highest BCUT2D eigenvalue weighted by atomic mass is 16.5. The number of carbonyl (C=O) groups is 2. The van der Waals surface area contributed by atoms with Crippen molar-refractivity contribution in [3.8, 4) is 0 Å². The Morgan fingerprint density at radius 3 is 2.45 bits per heavy atom. The van der Waals surface area contributed by atoms with E-state index in [1.807, 2.05) is 42.5 Å². The molecule has 0 aliphatic carbocycles. The Kier molecular flexibility index (Phi) is 6.08. The molecular formula is C25H27N5O3. The molecule has 1 N–H and O–H groups in total. The van der Waals surface area contributed by atoms with Crippen molar-refractivity contribution >= 4 is 17.5 Å². The molecular weight excluding hydrogens is 418 g/mol. The molecule has 3 aromatic rings. The van der Waals surface area contributed by atoms with Crippen LogP contribution in [0.4, 0.5) is 5.69 Å². The molecule has 2 aromatic carbocycles. The van der Waals surface area contributed by atoms with E-state index in [2.05, 4.69) is 27.3 Å². The zero-order chi connectivity index (χ0) is 22.6. The van der Waals surface area contributed by atoms with Crippen LogP contribution in [0.25, 0.3) is 0 Å². The lowest BCUT2D eigenvalue weighted by Gasteiger charge is -2.28. The number of ether oxygens (including phenoxy) is 1. The minimum atomic E-state index is -0.281. The molecule has 0 bridgehead atoms. The van der Waals surface area contributed by atoms with Gasteiger partial charge in [0.25, 0.3) is 11.8 Å². The number of benzene rings is 2. The van der Waals surface area contributed by atoms with Gasteiger partial charge < -0.3 is 24.4 Å². The fraction of sp³-hybridized carbons (Fsp3) is 0.320. The van der Waals surface area contributed by atoms with Crippen LogP contribution in [0.15, 0.2) is 60.8 Å². The van der Waals surface area contributed by atoms with Crippen molar-refractivity contribution in [2.24, 2.45) is 0 Å². The van der Waals surface area contributed by atoms with Crippen LogP contribution in [0.2, 0.25) is 0 Å². The van der Waals surface area contributed by atoms with Gasteiger partial charge in [0.05, 0.1) is 13.2 Å². The first-order chi connectivity index (χ1) is 16.2. The van der Waals surface area contributed by atoms with Crippen LogP contribution in [0, 0.1) is 0 Å². The van der Waals surface area contributed by atoms with E-state index in [1.165, 1.54) is 0 Å². The summed E-state index contributed by atoms with van der Waals surface area (Å²) in [5, 5.41) is 2.92. The van der Waals surface area contributed by atoms with Crippen molar-refractivity contribution < 1.29 is 14.3 Å². The number of amides is 2. The molecule has 8 nitrogen and oxygen atoms in total. The summed E-state index contributed by atoms with van der Waals surface area (Å²) in [6, 6.07) is 18.1. The third-order valence-corrected chi connectivity index (χ3v) is 6.08. The molecule has 5 rings (SSSR count). The lowest BCUT2D eigenvalue weighted by Crippen LogP contribution is -2.39. The Morgan fingerprint density at radius 1 is 0.939 bits per heavy atom. The monoisotopic (exact) mass is 445 g/mol. The van der Waals surface area contributed by atoms with Gasteiger partial charge in [0, 0.05) is 51.2 Å². The molecule has 0 unspecified atom stereocenters. The number of nitrogens with zero attached hydrogens (tertiary/aromatic N) is 4. The van der Waals surface area contributed by atoms with E-state index < -0.39 is 0 Å². The second kappa shape index (κ2) is 9.46. The molecule has 8 heteroatoms. The standard InChI is InChI=1S/C25H27N5O3/c31-24(26-16-19-6-8-21(9-7-19)28-12-14-33-15-13-28)22-18-29-10-11-30(25(32)23(29)27-22)17-20-4-2-1-3-5-20/h1-9,18H,10-17H2,(H,26,31). The first-order valence-corrected chi connectivity index (χ1v) is 11.3. The van der Waals surface area contributed by atoms with E-state index in [4.69, 9.17) is 4.74 Å². The number of hydrogen-bond donors (Lipinski definition) is 1. The Hall–Kier alpha value is -3.65. The lowest BCUT2D eigenvalue weighted by atomic mass is 10.2. The molecule has 2 aliphatic rings. The Balaban J connectivity index is 1.19. The summed E-state index contributed by atoms with van der Waals surface area (Å²) >= 11 is 0. The van der Waals surface area contributed by atoms with Crippen LogP contribution in [0.1, 0.15) is 32.2 Å². The van der Waals surface area contributed by atoms with E-state index in [0.29, 0.717) is 32.0 Å². The van der Waals surface area contributed by atoms with E-state index in [0.717, 1.165) is 43.1 Å². The summed E-state index contributed by atoms with van der Waals surface area (Å²) < 4.78 is 7.17. The quantitative estimate of drug-likeness (QED) is 0.630. The average Bonchev–Trinajstić information content (AvgIpc) is 3.31. The van der Waals surface area contributed by atoms with E-state index in [9.17, 15) is 9.59 Å². The van der Waals surface area contributed by atoms with Crippen molar-refractivity contribution in [3.63, 3.8) is 0 Å². The van der Waals surface area contributed by atoms with Crippen molar-refractivity contribution in [3.05, 3.63) is 83.4 Å². The third-order valence-electron chi connectivity index (χ3n) is 6.08. The largest absolute Gasteiger partial charge is 0.378 e. The second-order valence-corrected chi connectivity index (χ2v) is 8.30. The van der Waals surface area contributed by atoms with Gasteiger partial charge >= 0.3 is 0 Å². The molecule has 2 aliphatic heterocycles. The maximum atomic E-state index is 12.9. The smallest absolute Gasteiger partial charge is 0.290 e. The molecule has 1 aromatic heterocycles. The van der Waals surface area contributed by atoms with Crippen LogP contribution < -0.4 is 10.2 Å². The van der Waals surface area contributed by atoms with Gasteiger partial charge in [0.2, 0.25) is 0 Å². The van der Waals surface area contributed by atoms with E-state index in [1.54, 1.807) is 15.7 Å². The van der Waals surface area contributed by atoms with Crippen LogP contribution in [0.3, 0.4) is 0 Å². The fourth-order valence-corrected chi connectivity index (χ4v) is 4.21. The molecule has 170 valence electrons. The number of rotatable bonds is 6. The number of carbonyl (C=O) groups excluding carboxylic acids is 2. The number of imidazole rings is 1. The first kappa shape index (κ1) is 21.2. The van der Waals surface area contributed by atoms with Crippen molar-refractivity contribution in [1.82, 2.24) is 19.8 Å². The minimum absolute atomic E-state index is 0.150. The molecule has 0 saturated carbocycles. The SMILES string of the molecule is O=C(NCc1ccc(N2CCOCC2)cc1)c1cn2c(n1)C(=O)N(Cc1ccccc1)CC2.